The third-order valence-corrected chi connectivity index (χ3v) is 6.34. The maximum atomic E-state index is 12.8. The summed E-state index contributed by atoms with van der Waals surface area (Å²) in [5.41, 5.74) is 1.91. The fraction of sp³-hybridized carbons (Fsp3) is 0.429. The van der Waals surface area contributed by atoms with Gasteiger partial charge in [-0.05, 0) is 37.1 Å². The molecular weight excluding hydrogens is 394 g/mol. The number of rotatable bonds is 6. The minimum absolute atomic E-state index is 0.0917. The van der Waals surface area contributed by atoms with Crippen molar-refractivity contribution in [1.29, 1.82) is 0 Å². The van der Waals surface area contributed by atoms with Crippen LogP contribution in [0.15, 0.2) is 30.3 Å². The molecule has 0 bridgehead atoms. The van der Waals surface area contributed by atoms with Crippen LogP contribution in [0.2, 0.25) is 5.02 Å². The van der Waals surface area contributed by atoms with E-state index in [4.69, 9.17) is 11.6 Å². The molecule has 0 radical (unpaired) electrons. The molecule has 28 heavy (non-hydrogen) atoms. The van der Waals surface area contributed by atoms with Gasteiger partial charge in [0.25, 0.3) is 5.91 Å². The summed E-state index contributed by atoms with van der Waals surface area (Å²) in [6.45, 7) is 7.19. The minimum Gasteiger partial charge on any atom is -0.335 e. The summed E-state index contributed by atoms with van der Waals surface area (Å²) >= 11 is 7.67. The van der Waals surface area contributed by atoms with E-state index < -0.39 is 0 Å². The van der Waals surface area contributed by atoms with Crippen molar-refractivity contribution >= 4 is 40.4 Å². The molecule has 0 unspecified atom stereocenters. The molecule has 1 aliphatic heterocycles. The van der Waals surface area contributed by atoms with Crippen LogP contribution in [0.3, 0.4) is 0 Å². The molecule has 2 aromatic rings. The third-order valence-electron chi connectivity index (χ3n) is 4.93. The van der Waals surface area contributed by atoms with Crippen molar-refractivity contribution < 1.29 is 9.59 Å². The zero-order valence-corrected chi connectivity index (χ0v) is 17.9. The van der Waals surface area contributed by atoms with Gasteiger partial charge in [0, 0.05) is 31.1 Å². The molecule has 5 nitrogen and oxygen atoms in total. The van der Waals surface area contributed by atoms with Gasteiger partial charge in [-0.25, -0.2) is 0 Å². The number of aryl methyl sites for hydroxylation is 2. The Balaban J connectivity index is 1.50. The van der Waals surface area contributed by atoms with E-state index in [-0.39, 0.29) is 11.8 Å². The van der Waals surface area contributed by atoms with Crippen LogP contribution in [0, 0.1) is 6.92 Å². The summed E-state index contributed by atoms with van der Waals surface area (Å²) in [7, 11) is 0. The predicted octanol–water partition coefficient (Wildman–Crippen LogP) is 4.06. The Morgan fingerprint density at radius 2 is 1.89 bits per heavy atom. The van der Waals surface area contributed by atoms with Crippen LogP contribution in [0.4, 0.5) is 5.69 Å². The first-order chi connectivity index (χ1) is 13.5. The number of anilines is 1. The Kier molecular flexibility index (Phi) is 7.10. The highest BCUT2D eigenvalue weighted by atomic mass is 35.5. The van der Waals surface area contributed by atoms with Crippen molar-refractivity contribution in [2.75, 3.05) is 38.0 Å². The smallest absolute Gasteiger partial charge is 0.264 e. The molecule has 150 valence electrons. The number of nitrogens with one attached hydrogen (secondary N) is 1. The van der Waals surface area contributed by atoms with Crippen molar-refractivity contribution in [3.63, 3.8) is 0 Å². The first kappa shape index (κ1) is 20.8. The van der Waals surface area contributed by atoms with Crippen LogP contribution in [0.5, 0.6) is 0 Å². The van der Waals surface area contributed by atoms with Crippen LogP contribution in [0.1, 0.15) is 33.5 Å². The minimum atomic E-state index is -0.0917. The highest BCUT2D eigenvalue weighted by molar-refractivity contribution is 7.14. The van der Waals surface area contributed by atoms with E-state index in [0.29, 0.717) is 43.4 Å². The Morgan fingerprint density at radius 3 is 2.57 bits per heavy atom. The maximum absolute atomic E-state index is 12.8. The lowest BCUT2D eigenvalue weighted by Crippen LogP contribution is -2.50. The van der Waals surface area contributed by atoms with Crippen molar-refractivity contribution in [2.24, 2.45) is 0 Å². The van der Waals surface area contributed by atoms with Crippen molar-refractivity contribution in [1.82, 2.24) is 9.80 Å². The second kappa shape index (κ2) is 9.54. The van der Waals surface area contributed by atoms with Crippen LogP contribution >= 0.6 is 22.9 Å². The molecule has 2 heterocycles. The molecule has 0 spiro atoms. The van der Waals surface area contributed by atoms with Gasteiger partial charge in [-0.1, -0.05) is 37.1 Å². The van der Waals surface area contributed by atoms with E-state index in [1.54, 1.807) is 23.5 Å². The molecule has 3 rings (SSSR count). The number of hydrogen-bond donors (Lipinski definition) is 1. The number of nitrogens with zero attached hydrogens (tertiary/aromatic N) is 2. The molecule has 1 aromatic heterocycles. The number of thiophene rings is 1. The highest BCUT2D eigenvalue weighted by Crippen LogP contribution is 2.25. The Labute approximate surface area is 175 Å². The Morgan fingerprint density at radius 1 is 1.18 bits per heavy atom. The van der Waals surface area contributed by atoms with Crippen molar-refractivity contribution in [2.45, 2.75) is 26.7 Å². The zero-order valence-electron chi connectivity index (χ0n) is 16.3. The molecular formula is C21H26ClN3O2S. The van der Waals surface area contributed by atoms with Gasteiger partial charge in [-0.3, -0.25) is 14.5 Å². The second-order valence-electron chi connectivity index (χ2n) is 7.04. The van der Waals surface area contributed by atoms with Crippen LogP contribution in [-0.4, -0.2) is 54.3 Å². The molecule has 7 heteroatoms. The van der Waals surface area contributed by atoms with E-state index in [9.17, 15) is 9.59 Å². The lowest BCUT2D eigenvalue weighted by Gasteiger charge is -2.34. The summed E-state index contributed by atoms with van der Waals surface area (Å²) < 4.78 is 0. The number of halogens is 1. The largest absolute Gasteiger partial charge is 0.335 e. The van der Waals surface area contributed by atoms with E-state index in [2.05, 4.69) is 30.1 Å². The predicted molar refractivity (Wildman–Crippen MR) is 115 cm³/mol. The maximum Gasteiger partial charge on any atom is 0.264 e. The van der Waals surface area contributed by atoms with Gasteiger partial charge in [-0.2, -0.15) is 0 Å². The molecule has 1 aromatic carbocycles. The number of carbonyl (C=O) groups is 2. The molecule has 1 fully saturated rings. The van der Waals surface area contributed by atoms with Gasteiger partial charge in [-0.15, -0.1) is 11.3 Å². The van der Waals surface area contributed by atoms with Gasteiger partial charge in [0.1, 0.15) is 0 Å². The van der Waals surface area contributed by atoms with Crippen LogP contribution in [0.25, 0.3) is 0 Å². The zero-order chi connectivity index (χ0) is 20.1. The molecule has 1 aliphatic rings. The first-order valence-electron chi connectivity index (χ1n) is 9.63. The second-order valence-corrected chi connectivity index (χ2v) is 8.70. The number of hydrogen-bond acceptors (Lipinski definition) is 4. The van der Waals surface area contributed by atoms with E-state index in [1.165, 1.54) is 10.4 Å². The third kappa shape index (κ3) is 5.13. The molecule has 2 amide bonds. The summed E-state index contributed by atoms with van der Waals surface area (Å²) in [6.07, 6.45) is 2.10. The molecule has 1 saturated heterocycles. The lowest BCUT2D eigenvalue weighted by atomic mass is 10.1. The number of benzene rings is 1. The topological polar surface area (TPSA) is 52.7 Å². The Hall–Kier alpha value is -1.89. The number of para-hydroxylation sites is 1. The fourth-order valence-electron chi connectivity index (χ4n) is 3.36. The standard InChI is InChI=1S/C21H26ClN3O2S/c1-3-6-16-13-19(28-15(16)2)21(27)25-11-9-24(10-12-25)14-20(26)23-18-8-5-4-7-17(18)22/h4-5,7-8,13H,3,6,9-12,14H2,1-2H3,(H,23,26). The van der Waals surface area contributed by atoms with Gasteiger partial charge >= 0.3 is 0 Å². The normalized spacial score (nSPS) is 14.9. The molecule has 0 atom stereocenters. The van der Waals surface area contributed by atoms with Crippen LogP contribution < -0.4 is 5.32 Å². The summed E-state index contributed by atoms with van der Waals surface area (Å²) in [5.74, 6) is 0.0154. The number of carbonyl (C=O) groups excluding carboxylic acids is 2. The molecule has 0 saturated carbocycles. The average molecular weight is 420 g/mol. The van der Waals surface area contributed by atoms with Crippen molar-refractivity contribution in [3.05, 3.63) is 50.7 Å². The van der Waals surface area contributed by atoms with Crippen molar-refractivity contribution in [3.8, 4) is 0 Å². The monoisotopic (exact) mass is 419 g/mol. The lowest BCUT2D eigenvalue weighted by molar-refractivity contribution is -0.117. The van der Waals surface area contributed by atoms with E-state index in [1.807, 2.05) is 17.0 Å². The fourth-order valence-corrected chi connectivity index (χ4v) is 4.59. The van der Waals surface area contributed by atoms with Gasteiger partial charge < -0.3 is 10.2 Å². The first-order valence-corrected chi connectivity index (χ1v) is 10.8. The van der Waals surface area contributed by atoms with Gasteiger partial charge in [0.15, 0.2) is 0 Å². The summed E-state index contributed by atoms with van der Waals surface area (Å²) in [6, 6.07) is 9.25. The van der Waals surface area contributed by atoms with E-state index >= 15 is 0 Å². The van der Waals surface area contributed by atoms with Crippen LogP contribution in [-0.2, 0) is 11.2 Å². The summed E-state index contributed by atoms with van der Waals surface area (Å²) in [4.78, 5) is 31.1. The molecule has 0 aliphatic carbocycles. The quantitative estimate of drug-likeness (QED) is 0.768. The highest BCUT2D eigenvalue weighted by Gasteiger charge is 2.25. The van der Waals surface area contributed by atoms with E-state index in [0.717, 1.165) is 17.7 Å². The SMILES string of the molecule is CCCc1cc(C(=O)N2CCN(CC(=O)Nc3ccccc3Cl)CC2)sc1C. The average Bonchev–Trinajstić information content (AvgIpc) is 3.04. The molecule has 1 N–H and O–H groups in total. The number of amides is 2. The number of piperazine rings is 1. The van der Waals surface area contributed by atoms with Gasteiger partial charge in [0.2, 0.25) is 5.91 Å². The Bertz CT molecular complexity index is 844. The summed E-state index contributed by atoms with van der Waals surface area (Å²) in [5, 5.41) is 3.37. The van der Waals surface area contributed by atoms with Gasteiger partial charge in [0.05, 0.1) is 22.1 Å².